The standard InChI is InChI=1S/C6H10O2S/c1-5(2-3-7)4-6(8)9/h3,5H,2,4H2,1H3,(H,8,9)/p-1/t5-/m0/s1. The van der Waals surface area contributed by atoms with Gasteiger partial charge in [-0.25, -0.2) is 0 Å². The molecular formula is C6H9O2S-. The number of rotatable bonds is 4. The highest BCUT2D eigenvalue weighted by atomic mass is 32.1. The zero-order valence-electron chi connectivity index (χ0n) is 5.29. The average molecular weight is 145 g/mol. The van der Waals surface area contributed by atoms with Crippen LogP contribution in [0, 0.1) is 5.92 Å². The van der Waals surface area contributed by atoms with Crippen molar-refractivity contribution in [1.29, 1.82) is 0 Å². The van der Waals surface area contributed by atoms with Crippen LogP contribution in [0.25, 0.3) is 0 Å². The molecule has 9 heavy (non-hydrogen) atoms. The summed E-state index contributed by atoms with van der Waals surface area (Å²) >= 11 is 4.31. The first-order valence-electron chi connectivity index (χ1n) is 2.80. The lowest BCUT2D eigenvalue weighted by molar-refractivity contribution is -0.112. The van der Waals surface area contributed by atoms with E-state index in [1.165, 1.54) is 0 Å². The Hall–Kier alpha value is -0.440. The molecule has 0 aliphatic heterocycles. The second kappa shape index (κ2) is 4.44. The average Bonchev–Trinajstić information content (AvgIpc) is 1.63. The van der Waals surface area contributed by atoms with Gasteiger partial charge in [0.2, 0.25) is 0 Å². The maximum absolute atomic E-state index is 10.2. The minimum Gasteiger partial charge on any atom is -0.742 e. The molecule has 52 valence electrons. The third kappa shape index (κ3) is 5.43. The van der Waals surface area contributed by atoms with Gasteiger partial charge in [-0.15, -0.1) is 0 Å². The SMILES string of the molecule is C[C@@H](CC=O)CC(=O)[S-]. The van der Waals surface area contributed by atoms with Crippen LogP contribution in [0.3, 0.4) is 0 Å². The van der Waals surface area contributed by atoms with Crippen molar-refractivity contribution in [3.63, 3.8) is 0 Å². The molecule has 0 aromatic heterocycles. The van der Waals surface area contributed by atoms with Gasteiger partial charge in [-0.05, 0) is 12.3 Å². The van der Waals surface area contributed by atoms with Crippen LogP contribution in [-0.4, -0.2) is 11.4 Å². The Morgan fingerprint density at radius 1 is 1.78 bits per heavy atom. The Morgan fingerprint density at radius 3 is 2.67 bits per heavy atom. The quantitative estimate of drug-likeness (QED) is 0.431. The van der Waals surface area contributed by atoms with Crippen molar-refractivity contribution in [2.75, 3.05) is 0 Å². The van der Waals surface area contributed by atoms with Crippen molar-refractivity contribution in [1.82, 2.24) is 0 Å². The molecule has 0 spiro atoms. The Kier molecular flexibility index (Phi) is 4.22. The molecule has 0 heterocycles. The Balaban J connectivity index is 3.37. The predicted octanol–water partition coefficient (Wildman–Crippen LogP) is 0.675. The van der Waals surface area contributed by atoms with Gasteiger partial charge in [0.15, 0.2) is 0 Å². The molecule has 0 saturated heterocycles. The van der Waals surface area contributed by atoms with E-state index < -0.39 is 0 Å². The van der Waals surface area contributed by atoms with Crippen LogP contribution in [0.5, 0.6) is 0 Å². The second-order valence-electron chi connectivity index (χ2n) is 2.08. The third-order valence-electron chi connectivity index (χ3n) is 1.01. The van der Waals surface area contributed by atoms with Crippen LogP contribution in [0.2, 0.25) is 0 Å². The molecule has 3 heteroatoms. The Labute approximate surface area is 60.0 Å². The summed E-state index contributed by atoms with van der Waals surface area (Å²) in [6.45, 7) is 1.83. The molecule has 0 aromatic rings. The summed E-state index contributed by atoms with van der Waals surface area (Å²) in [4.78, 5) is 20.1. The normalized spacial score (nSPS) is 12.6. The van der Waals surface area contributed by atoms with Crippen LogP contribution in [0.15, 0.2) is 0 Å². The largest absolute Gasteiger partial charge is 0.742 e. The van der Waals surface area contributed by atoms with E-state index >= 15 is 0 Å². The molecule has 0 saturated carbocycles. The number of carbonyl (C=O) groups excluding carboxylic acids is 2. The summed E-state index contributed by atoms with van der Waals surface area (Å²) in [6, 6.07) is 0. The van der Waals surface area contributed by atoms with Crippen LogP contribution in [-0.2, 0) is 22.2 Å². The van der Waals surface area contributed by atoms with Gasteiger partial charge in [0.1, 0.15) is 6.29 Å². The molecule has 2 nitrogen and oxygen atoms in total. The molecule has 0 unspecified atom stereocenters. The van der Waals surface area contributed by atoms with E-state index in [0.717, 1.165) is 6.29 Å². The van der Waals surface area contributed by atoms with Crippen molar-refractivity contribution >= 4 is 24.0 Å². The number of aldehydes is 1. The fraction of sp³-hybridized carbons (Fsp3) is 0.667. The summed E-state index contributed by atoms with van der Waals surface area (Å²) in [5, 5.41) is -0.260. The lowest BCUT2D eigenvalue weighted by atomic mass is 10.1. The zero-order chi connectivity index (χ0) is 7.28. The maximum Gasteiger partial charge on any atom is 0.120 e. The number of hydrogen-bond donors (Lipinski definition) is 0. The summed E-state index contributed by atoms with van der Waals surface area (Å²) in [7, 11) is 0. The second-order valence-corrected chi connectivity index (χ2v) is 2.54. The molecule has 0 radical (unpaired) electrons. The molecule has 0 aliphatic rings. The molecule has 1 atom stereocenters. The summed E-state index contributed by atoms with van der Waals surface area (Å²) in [5.41, 5.74) is 0. The van der Waals surface area contributed by atoms with Crippen molar-refractivity contribution in [2.45, 2.75) is 19.8 Å². The van der Waals surface area contributed by atoms with E-state index in [2.05, 4.69) is 12.6 Å². The molecule has 0 rings (SSSR count). The van der Waals surface area contributed by atoms with Gasteiger partial charge in [-0.2, -0.15) is 0 Å². The fourth-order valence-corrected chi connectivity index (χ4v) is 0.817. The molecule has 0 aliphatic carbocycles. The zero-order valence-corrected chi connectivity index (χ0v) is 6.11. The topological polar surface area (TPSA) is 34.1 Å². The van der Waals surface area contributed by atoms with Gasteiger partial charge >= 0.3 is 0 Å². The first-order chi connectivity index (χ1) is 4.16. The lowest BCUT2D eigenvalue weighted by Gasteiger charge is -2.07. The van der Waals surface area contributed by atoms with E-state index in [0.29, 0.717) is 12.8 Å². The first-order valence-corrected chi connectivity index (χ1v) is 3.21. The van der Waals surface area contributed by atoms with Crippen LogP contribution < -0.4 is 0 Å². The molecule has 0 bridgehead atoms. The first kappa shape index (κ1) is 8.56. The fourth-order valence-electron chi connectivity index (χ4n) is 0.532. The summed E-state index contributed by atoms with van der Waals surface area (Å²) in [5.74, 6) is 0.118. The molecular weight excluding hydrogens is 136 g/mol. The summed E-state index contributed by atoms with van der Waals surface area (Å²) in [6.07, 6.45) is 1.58. The van der Waals surface area contributed by atoms with Crippen LogP contribution in [0.1, 0.15) is 19.8 Å². The smallest absolute Gasteiger partial charge is 0.120 e. The van der Waals surface area contributed by atoms with Crippen molar-refractivity contribution in [3.8, 4) is 0 Å². The number of hydrogen-bond acceptors (Lipinski definition) is 3. The minimum absolute atomic E-state index is 0.118. The van der Waals surface area contributed by atoms with Gasteiger partial charge < -0.3 is 22.2 Å². The molecule has 0 amide bonds. The van der Waals surface area contributed by atoms with Gasteiger partial charge in [-0.3, -0.25) is 0 Å². The van der Waals surface area contributed by atoms with E-state index in [1.54, 1.807) is 0 Å². The van der Waals surface area contributed by atoms with Crippen LogP contribution >= 0.6 is 0 Å². The van der Waals surface area contributed by atoms with Crippen molar-refractivity contribution in [2.24, 2.45) is 5.92 Å². The van der Waals surface area contributed by atoms with Crippen molar-refractivity contribution in [3.05, 3.63) is 0 Å². The van der Waals surface area contributed by atoms with E-state index in [1.807, 2.05) is 6.92 Å². The maximum atomic E-state index is 10.2. The van der Waals surface area contributed by atoms with Gasteiger partial charge in [0.25, 0.3) is 0 Å². The minimum atomic E-state index is -0.260. The van der Waals surface area contributed by atoms with Gasteiger partial charge in [0.05, 0.1) is 0 Å². The third-order valence-corrected chi connectivity index (χ3v) is 1.18. The van der Waals surface area contributed by atoms with Gasteiger partial charge in [-0.1, -0.05) is 6.92 Å². The molecule has 0 fully saturated rings. The molecule has 0 aromatic carbocycles. The highest BCUT2D eigenvalue weighted by molar-refractivity contribution is 7.77. The van der Waals surface area contributed by atoms with Crippen molar-refractivity contribution < 1.29 is 9.59 Å². The highest BCUT2D eigenvalue weighted by Crippen LogP contribution is 2.04. The summed E-state index contributed by atoms with van der Waals surface area (Å²) < 4.78 is 0. The predicted molar refractivity (Wildman–Crippen MR) is 36.8 cm³/mol. The Morgan fingerprint density at radius 2 is 2.33 bits per heavy atom. The number of carbonyl (C=O) groups is 2. The highest BCUT2D eigenvalue weighted by Gasteiger charge is 1.98. The van der Waals surface area contributed by atoms with Crippen LogP contribution in [0.4, 0.5) is 0 Å². The lowest BCUT2D eigenvalue weighted by Crippen LogP contribution is -2.02. The monoisotopic (exact) mass is 145 g/mol. The van der Waals surface area contributed by atoms with Gasteiger partial charge in [0, 0.05) is 11.5 Å². The Bertz CT molecular complexity index is 112. The molecule has 0 N–H and O–H groups in total. The van der Waals surface area contributed by atoms with E-state index in [-0.39, 0.29) is 11.0 Å². The van der Waals surface area contributed by atoms with E-state index in [4.69, 9.17) is 0 Å². The van der Waals surface area contributed by atoms with E-state index in [9.17, 15) is 9.59 Å².